The molecule has 6 heteroatoms. The molecule has 2 aliphatic rings. The third-order valence-electron chi connectivity index (χ3n) is 4.92. The smallest absolute Gasteiger partial charge is 0.178 e. The summed E-state index contributed by atoms with van der Waals surface area (Å²) >= 11 is 0. The van der Waals surface area contributed by atoms with E-state index in [9.17, 15) is 13.2 Å². The van der Waals surface area contributed by atoms with Crippen LogP contribution in [0.3, 0.4) is 0 Å². The summed E-state index contributed by atoms with van der Waals surface area (Å²) in [5, 5.41) is 0. The summed E-state index contributed by atoms with van der Waals surface area (Å²) in [7, 11) is -1.06. The summed E-state index contributed by atoms with van der Waals surface area (Å²) in [5.41, 5.74) is 2.99. The molecule has 2 fully saturated rings. The Labute approximate surface area is 132 Å². The first-order valence-corrected chi connectivity index (χ1v) is 9.73. The molecule has 1 aromatic heterocycles. The molecule has 1 saturated carbocycles. The average Bonchev–Trinajstić information content (AvgIpc) is 3.12. The number of aryl methyl sites for hydroxylation is 1. The largest absolute Gasteiger partial charge is 0.345 e. The van der Waals surface area contributed by atoms with Crippen molar-refractivity contribution >= 4 is 15.6 Å². The fourth-order valence-electron chi connectivity index (χ4n) is 3.52. The Morgan fingerprint density at radius 3 is 2.55 bits per heavy atom. The molecule has 2 heterocycles. The van der Waals surface area contributed by atoms with Crippen LogP contribution in [0.4, 0.5) is 0 Å². The monoisotopic (exact) mass is 324 g/mol. The Morgan fingerprint density at radius 1 is 1.32 bits per heavy atom. The zero-order chi connectivity index (χ0) is 16.1. The first kappa shape index (κ1) is 15.7. The minimum atomic E-state index is -2.91. The second kappa shape index (κ2) is 5.49. The molecule has 0 radical (unpaired) electrons. The van der Waals surface area contributed by atoms with Crippen LogP contribution in [-0.4, -0.2) is 54.8 Å². The summed E-state index contributed by atoms with van der Waals surface area (Å²) in [6.45, 7) is 4.35. The highest BCUT2D eigenvalue weighted by Crippen LogP contribution is 2.38. The minimum absolute atomic E-state index is 0.0270. The number of carbonyl (C=O) groups excluding carboxylic acids is 1. The maximum Gasteiger partial charge on any atom is 0.178 e. The van der Waals surface area contributed by atoms with Crippen molar-refractivity contribution in [1.82, 2.24) is 9.47 Å². The molecule has 122 valence electrons. The lowest BCUT2D eigenvalue weighted by Gasteiger charge is -2.22. The van der Waals surface area contributed by atoms with Gasteiger partial charge in [-0.15, -0.1) is 0 Å². The fraction of sp³-hybridized carbons (Fsp3) is 0.688. The van der Waals surface area contributed by atoms with E-state index in [1.807, 2.05) is 24.9 Å². The third-order valence-corrected chi connectivity index (χ3v) is 6.67. The summed E-state index contributed by atoms with van der Waals surface area (Å²) in [6.07, 6.45) is 3.03. The van der Waals surface area contributed by atoms with E-state index in [4.69, 9.17) is 0 Å². The molecule has 0 spiro atoms. The molecule has 1 aromatic rings. The van der Waals surface area contributed by atoms with Crippen molar-refractivity contribution in [3.8, 4) is 0 Å². The number of rotatable bonds is 5. The lowest BCUT2D eigenvalue weighted by atomic mass is 10.1. The van der Waals surface area contributed by atoms with Gasteiger partial charge in [-0.25, -0.2) is 8.42 Å². The van der Waals surface area contributed by atoms with Crippen LogP contribution in [0.2, 0.25) is 0 Å². The van der Waals surface area contributed by atoms with Crippen molar-refractivity contribution in [2.45, 2.75) is 45.2 Å². The van der Waals surface area contributed by atoms with Gasteiger partial charge in [0.1, 0.15) is 0 Å². The van der Waals surface area contributed by atoms with Crippen molar-refractivity contribution in [2.24, 2.45) is 0 Å². The van der Waals surface area contributed by atoms with Gasteiger partial charge >= 0.3 is 0 Å². The maximum absolute atomic E-state index is 12.6. The van der Waals surface area contributed by atoms with Crippen molar-refractivity contribution in [1.29, 1.82) is 0 Å². The summed E-state index contributed by atoms with van der Waals surface area (Å²) in [5.74, 6) is 0.511. The predicted molar refractivity (Wildman–Crippen MR) is 86.2 cm³/mol. The SMILES string of the molecule is Cc1cc(C(=O)CN(C)C2CCS(=O)(=O)C2)c(C)n1C1CC1. The molecule has 0 N–H and O–H groups in total. The number of likely N-dealkylation sites (N-methyl/N-ethyl adjacent to an activating group) is 1. The van der Waals surface area contributed by atoms with Crippen molar-refractivity contribution < 1.29 is 13.2 Å². The van der Waals surface area contributed by atoms with Gasteiger partial charge in [-0.1, -0.05) is 0 Å². The Morgan fingerprint density at radius 2 is 2.00 bits per heavy atom. The Bertz CT molecular complexity index is 701. The van der Waals surface area contributed by atoms with Gasteiger partial charge in [-0.05, 0) is 46.2 Å². The predicted octanol–water partition coefficient (Wildman–Crippen LogP) is 1.74. The molecule has 1 atom stereocenters. The average molecular weight is 324 g/mol. The Balaban J connectivity index is 1.71. The van der Waals surface area contributed by atoms with Gasteiger partial charge in [0, 0.05) is 29.0 Å². The van der Waals surface area contributed by atoms with Gasteiger partial charge in [0.2, 0.25) is 0 Å². The van der Waals surface area contributed by atoms with E-state index in [2.05, 4.69) is 11.5 Å². The van der Waals surface area contributed by atoms with Gasteiger partial charge in [0.25, 0.3) is 0 Å². The lowest BCUT2D eigenvalue weighted by molar-refractivity contribution is 0.0926. The maximum atomic E-state index is 12.6. The van der Waals surface area contributed by atoms with Crippen molar-refractivity contribution in [2.75, 3.05) is 25.1 Å². The normalized spacial score (nSPS) is 24.1. The molecule has 1 unspecified atom stereocenters. The van der Waals surface area contributed by atoms with E-state index < -0.39 is 9.84 Å². The standard InChI is InChI=1S/C16H24N2O3S/c1-11-8-15(12(2)18(11)13-4-5-13)16(19)9-17(3)14-6-7-22(20,21)10-14/h8,13-14H,4-7,9-10H2,1-3H3. The van der Waals surface area contributed by atoms with Gasteiger partial charge in [-0.2, -0.15) is 0 Å². The zero-order valence-electron chi connectivity index (χ0n) is 13.5. The molecule has 0 amide bonds. The van der Waals surface area contributed by atoms with Gasteiger partial charge < -0.3 is 4.57 Å². The highest BCUT2D eigenvalue weighted by molar-refractivity contribution is 7.91. The van der Waals surface area contributed by atoms with Crippen LogP contribution in [0.25, 0.3) is 0 Å². The number of aromatic nitrogens is 1. The van der Waals surface area contributed by atoms with E-state index in [1.54, 1.807) is 0 Å². The summed E-state index contributed by atoms with van der Waals surface area (Å²) in [6, 6.07) is 2.52. The Hall–Kier alpha value is -1.14. The van der Waals surface area contributed by atoms with Crippen molar-refractivity contribution in [3.63, 3.8) is 0 Å². The van der Waals surface area contributed by atoms with Crippen LogP contribution in [0.1, 0.15) is 47.1 Å². The van der Waals surface area contributed by atoms with Crippen molar-refractivity contribution in [3.05, 3.63) is 23.0 Å². The van der Waals surface area contributed by atoms with E-state index in [1.165, 1.54) is 12.8 Å². The summed E-state index contributed by atoms with van der Waals surface area (Å²) < 4.78 is 25.4. The number of carbonyl (C=O) groups is 1. The molecular formula is C16H24N2O3S. The highest BCUT2D eigenvalue weighted by atomic mass is 32.2. The summed E-state index contributed by atoms with van der Waals surface area (Å²) in [4.78, 5) is 14.5. The topological polar surface area (TPSA) is 59.4 Å². The van der Waals surface area contributed by atoms with Crippen LogP contribution >= 0.6 is 0 Å². The number of hydrogen-bond acceptors (Lipinski definition) is 4. The molecule has 5 nitrogen and oxygen atoms in total. The van der Waals surface area contributed by atoms with Crippen LogP contribution in [-0.2, 0) is 9.84 Å². The van der Waals surface area contributed by atoms with Gasteiger partial charge in [-0.3, -0.25) is 9.69 Å². The first-order valence-electron chi connectivity index (χ1n) is 7.91. The molecule has 3 rings (SSSR count). The van der Waals surface area contributed by atoms with Crippen LogP contribution in [0.5, 0.6) is 0 Å². The second-order valence-electron chi connectivity index (χ2n) is 6.78. The number of Topliss-reactive ketones (excluding diaryl/α,β-unsaturated/α-hetero) is 1. The molecule has 0 aromatic carbocycles. The fourth-order valence-corrected chi connectivity index (χ4v) is 5.32. The van der Waals surface area contributed by atoms with Crippen LogP contribution in [0, 0.1) is 13.8 Å². The van der Waals surface area contributed by atoms with Crippen LogP contribution < -0.4 is 0 Å². The molecule has 1 saturated heterocycles. The van der Waals surface area contributed by atoms with E-state index in [0.29, 0.717) is 12.5 Å². The molecular weight excluding hydrogens is 300 g/mol. The highest BCUT2D eigenvalue weighted by Gasteiger charge is 2.32. The number of ketones is 1. The van der Waals surface area contributed by atoms with E-state index >= 15 is 0 Å². The van der Waals surface area contributed by atoms with E-state index in [-0.39, 0.29) is 29.9 Å². The molecule has 1 aliphatic carbocycles. The van der Waals surface area contributed by atoms with Gasteiger partial charge in [0.05, 0.1) is 18.1 Å². The first-order chi connectivity index (χ1) is 10.3. The van der Waals surface area contributed by atoms with E-state index in [0.717, 1.165) is 17.0 Å². The lowest BCUT2D eigenvalue weighted by Crippen LogP contribution is -2.36. The second-order valence-corrected chi connectivity index (χ2v) is 9.01. The molecule has 1 aliphatic heterocycles. The minimum Gasteiger partial charge on any atom is -0.345 e. The Kier molecular flexibility index (Phi) is 3.93. The number of hydrogen-bond donors (Lipinski definition) is 0. The molecule has 0 bridgehead atoms. The van der Waals surface area contributed by atoms with Gasteiger partial charge in [0.15, 0.2) is 15.6 Å². The zero-order valence-corrected chi connectivity index (χ0v) is 14.3. The number of sulfone groups is 1. The molecule has 22 heavy (non-hydrogen) atoms. The number of nitrogens with zero attached hydrogens (tertiary/aromatic N) is 2. The quantitative estimate of drug-likeness (QED) is 0.774. The third kappa shape index (κ3) is 2.99. The van der Waals surface area contributed by atoms with Crippen LogP contribution in [0.15, 0.2) is 6.07 Å².